The molecular formula is C19H32N6OS. The van der Waals surface area contributed by atoms with E-state index in [1.165, 1.54) is 0 Å². The predicted molar refractivity (Wildman–Crippen MR) is 112 cm³/mol. The van der Waals surface area contributed by atoms with Crippen LogP contribution in [0.5, 0.6) is 0 Å². The fraction of sp³-hybridized carbons (Fsp3) is 0.684. The first-order valence-corrected chi connectivity index (χ1v) is 10.8. The summed E-state index contributed by atoms with van der Waals surface area (Å²) in [6.07, 6.45) is 3.42. The first-order chi connectivity index (χ1) is 12.9. The van der Waals surface area contributed by atoms with Crippen molar-refractivity contribution in [3.63, 3.8) is 0 Å². The first-order valence-electron chi connectivity index (χ1n) is 9.77. The minimum atomic E-state index is 0.0783. The zero-order valence-corrected chi connectivity index (χ0v) is 17.9. The van der Waals surface area contributed by atoms with Gasteiger partial charge in [0.2, 0.25) is 5.91 Å². The summed E-state index contributed by atoms with van der Waals surface area (Å²) in [5.41, 5.74) is 0.813. The smallest absolute Gasteiger partial charge is 0.220 e. The summed E-state index contributed by atoms with van der Waals surface area (Å²) in [6, 6.07) is 0. The van der Waals surface area contributed by atoms with Gasteiger partial charge >= 0.3 is 0 Å². The molecule has 150 valence electrons. The minimum Gasteiger partial charge on any atom is -0.369 e. The van der Waals surface area contributed by atoms with Crippen molar-refractivity contribution in [2.45, 2.75) is 59.2 Å². The normalized spacial score (nSPS) is 11.5. The van der Waals surface area contributed by atoms with Crippen molar-refractivity contribution in [2.75, 3.05) is 24.2 Å². The van der Waals surface area contributed by atoms with Crippen molar-refractivity contribution in [1.82, 2.24) is 25.1 Å². The van der Waals surface area contributed by atoms with Crippen LogP contribution in [0.25, 0.3) is 11.0 Å². The Morgan fingerprint density at radius 3 is 2.67 bits per heavy atom. The third-order valence-corrected chi connectivity index (χ3v) is 4.88. The van der Waals surface area contributed by atoms with Crippen LogP contribution in [0.15, 0.2) is 11.4 Å². The standard InChI is InChI=1S/C19H32N6OS/c1-6-9-27-19-23-17(21-11-14(4)5)15-12-22-25(18(15)24-19)8-7-20-16(26)10-13(2)3/h12-14H,6-11H2,1-5H3,(H,20,26)(H,21,23,24). The average Bonchev–Trinajstić information content (AvgIpc) is 3.00. The SMILES string of the molecule is CCCSc1nc(NCC(C)C)c2cnn(CCNC(=O)CC(C)C)c2n1. The van der Waals surface area contributed by atoms with E-state index >= 15 is 0 Å². The van der Waals surface area contributed by atoms with E-state index in [0.29, 0.717) is 31.3 Å². The number of carbonyl (C=O) groups is 1. The summed E-state index contributed by atoms with van der Waals surface area (Å²) in [7, 11) is 0. The summed E-state index contributed by atoms with van der Waals surface area (Å²) >= 11 is 1.66. The second-order valence-corrected chi connectivity index (χ2v) is 8.59. The highest BCUT2D eigenvalue weighted by Crippen LogP contribution is 2.25. The number of hydrogen-bond donors (Lipinski definition) is 2. The Labute approximate surface area is 166 Å². The minimum absolute atomic E-state index is 0.0783. The third kappa shape index (κ3) is 6.68. The van der Waals surface area contributed by atoms with E-state index in [9.17, 15) is 4.79 Å². The van der Waals surface area contributed by atoms with Gasteiger partial charge in [0.15, 0.2) is 10.8 Å². The Kier molecular flexibility index (Phi) is 8.34. The zero-order chi connectivity index (χ0) is 19.8. The van der Waals surface area contributed by atoms with Crippen molar-refractivity contribution in [3.05, 3.63) is 6.20 Å². The third-order valence-electron chi connectivity index (χ3n) is 3.83. The molecule has 1 amide bonds. The first kappa shape index (κ1) is 21.5. The van der Waals surface area contributed by atoms with Crippen LogP contribution in [0.2, 0.25) is 0 Å². The van der Waals surface area contributed by atoms with E-state index in [1.807, 2.05) is 24.7 Å². The largest absolute Gasteiger partial charge is 0.369 e. The van der Waals surface area contributed by atoms with Gasteiger partial charge in [0, 0.05) is 25.3 Å². The molecule has 0 aliphatic carbocycles. The molecule has 2 N–H and O–H groups in total. The van der Waals surface area contributed by atoms with E-state index in [0.717, 1.165) is 40.7 Å². The lowest BCUT2D eigenvalue weighted by Crippen LogP contribution is -2.28. The van der Waals surface area contributed by atoms with Crippen LogP contribution in [0, 0.1) is 11.8 Å². The van der Waals surface area contributed by atoms with Crippen LogP contribution in [0.1, 0.15) is 47.5 Å². The lowest BCUT2D eigenvalue weighted by molar-refractivity contribution is -0.121. The maximum absolute atomic E-state index is 11.8. The maximum Gasteiger partial charge on any atom is 0.220 e. The van der Waals surface area contributed by atoms with E-state index in [4.69, 9.17) is 4.98 Å². The molecule has 2 aromatic rings. The van der Waals surface area contributed by atoms with Gasteiger partial charge in [-0.05, 0) is 18.3 Å². The second kappa shape index (κ2) is 10.5. The summed E-state index contributed by atoms with van der Waals surface area (Å²) in [6.45, 7) is 12.5. The van der Waals surface area contributed by atoms with Crippen LogP contribution < -0.4 is 10.6 Å². The van der Waals surface area contributed by atoms with Crippen molar-refractivity contribution in [2.24, 2.45) is 11.8 Å². The van der Waals surface area contributed by atoms with Gasteiger partial charge in [-0.15, -0.1) is 0 Å². The lowest BCUT2D eigenvalue weighted by atomic mass is 10.1. The van der Waals surface area contributed by atoms with Gasteiger partial charge in [-0.1, -0.05) is 46.4 Å². The number of thioether (sulfide) groups is 1. The number of fused-ring (bicyclic) bond motifs is 1. The molecule has 0 aliphatic heterocycles. The molecule has 8 heteroatoms. The van der Waals surface area contributed by atoms with Gasteiger partial charge in [0.1, 0.15) is 5.82 Å². The number of carbonyl (C=O) groups excluding carboxylic acids is 1. The quantitative estimate of drug-likeness (QED) is 0.449. The number of nitrogens with zero attached hydrogens (tertiary/aromatic N) is 4. The number of nitrogens with one attached hydrogen (secondary N) is 2. The second-order valence-electron chi connectivity index (χ2n) is 7.53. The molecule has 0 aromatic carbocycles. The van der Waals surface area contributed by atoms with Crippen LogP contribution >= 0.6 is 11.8 Å². The highest BCUT2D eigenvalue weighted by Gasteiger charge is 2.14. The molecule has 2 aromatic heterocycles. The molecule has 0 spiro atoms. The van der Waals surface area contributed by atoms with Gasteiger partial charge < -0.3 is 10.6 Å². The van der Waals surface area contributed by atoms with Crippen molar-refractivity contribution >= 4 is 34.5 Å². The van der Waals surface area contributed by atoms with Crippen LogP contribution in [0.3, 0.4) is 0 Å². The monoisotopic (exact) mass is 392 g/mol. The van der Waals surface area contributed by atoms with Crippen molar-refractivity contribution < 1.29 is 4.79 Å². The Balaban J connectivity index is 2.16. The van der Waals surface area contributed by atoms with Gasteiger partial charge in [0.25, 0.3) is 0 Å². The summed E-state index contributed by atoms with van der Waals surface area (Å²) in [4.78, 5) is 21.2. The fourth-order valence-electron chi connectivity index (χ4n) is 2.54. The molecule has 0 fully saturated rings. The van der Waals surface area contributed by atoms with Gasteiger partial charge in [-0.3, -0.25) is 4.79 Å². The zero-order valence-electron chi connectivity index (χ0n) is 17.1. The molecule has 7 nitrogen and oxygen atoms in total. The molecule has 2 heterocycles. The van der Waals surface area contributed by atoms with Crippen LogP contribution in [0.4, 0.5) is 5.82 Å². The number of amides is 1. The van der Waals surface area contributed by atoms with Crippen molar-refractivity contribution in [3.8, 4) is 0 Å². The fourth-order valence-corrected chi connectivity index (χ4v) is 3.23. The predicted octanol–water partition coefficient (Wildman–Crippen LogP) is 3.56. The summed E-state index contributed by atoms with van der Waals surface area (Å²) in [5.74, 6) is 2.77. The molecule has 27 heavy (non-hydrogen) atoms. The van der Waals surface area contributed by atoms with Gasteiger partial charge in [0.05, 0.1) is 18.1 Å². The molecule has 2 rings (SSSR count). The summed E-state index contributed by atoms with van der Waals surface area (Å²) in [5, 5.41) is 12.5. The van der Waals surface area contributed by atoms with Gasteiger partial charge in [-0.25, -0.2) is 14.6 Å². The van der Waals surface area contributed by atoms with Crippen LogP contribution in [-0.4, -0.2) is 44.5 Å². The lowest BCUT2D eigenvalue weighted by Gasteiger charge is -2.11. The average molecular weight is 393 g/mol. The number of aromatic nitrogens is 4. The molecule has 0 saturated carbocycles. The molecule has 0 bridgehead atoms. The Bertz CT molecular complexity index is 743. The molecule has 0 atom stereocenters. The molecule has 0 unspecified atom stereocenters. The molecule has 0 radical (unpaired) electrons. The highest BCUT2D eigenvalue weighted by atomic mass is 32.2. The number of anilines is 1. The van der Waals surface area contributed by atoms with E-state index in [2.05, 4.69) is 41.5 Å². The molecule has 0 aliphatic rings. The molecular weight excluding hydrogens is 360 g/mol. The maximum atomic E-state index is 11.8. The van der Waals surface area contributed by atoms with Crippen molar-refractivity contribution in [1.29, 1.82) is 0 Å². The number of hydrogen-bond acceptors (Lipinski definition) is 6. The van der Waals surface area contributed by atoms with E-state index < -0.39 is 0 Å². The van der Waals surface area contributed by atoms with Crippen LogP contribution in [-0.2, 0) is 11.3 Å². The highest BCUT2D eigenvalue weighted by molar-refractivity contribution is 7.99. The van der Waals surface area contributed by atoms with Gasteiger partial charge in [-0.2, -0.15) is 5.10 Å². The molecule has 0 saturated heterocycles. The summed E-state index contributed by atoms with van der Waals surface area (Å²) < 4.78 is 1.85. The van der Waals surface area contributed by atoms with E-state index in [1.54, 1.807) is 11.8 Å². The van der Waals surface area contributed by atoms with E-state index in [-0.39, 0.29) is 5.91 Å². The number of rotatable bonds is 11. The topological polar surface area (TPSA) is 84.7 Å². The Hall–Kier alpha value is -1.83. The Morgan fingerprint density at radius 2 is 2.00 bits per heavy atom. The Morgan fingerprint density at radius 1 is 1.22 bits per heavy atom.